The van der Waals surface area contributed by atoms with Crippen LogP contribution < -0.4 is 0 Å². The Balaban J connectivity index is 2.25. The van der Waals surface area contributed by atoms with E-state index in [0.717, 1.165) is 16.8 Å². The molecule has 0 saturated heterocycles. The molecule has 3 rings (SSSR count). The van der Waals surface area contributed by atoms with Crippen LogP contribution in [0.4, 0.5) is 0 Å². The first kappa shape index (κ1) is 14.1. The molecule has 1 heterocycles. The van der Waals surface area contributed by atoms with E-state index < -0.39 is 0 Å². The van der Waals surface area contributed by atoms with E-state index in [-0.39, 0.29) is 5.88 Å². The predicted molar refractivity (Wildman–Crippen MR) is 86.1 cm³/mol. The monoisotopic (exact) mass is 317 g/mol. The van der Waals surface area contributed by atoms with E-state index >= 15 is 0 Å². The number of rotatable bonds is 3. The van der Waals surface area contributed by atoms with Gasteiger partial charge in [0.2, 0.25) is 0 Å². The summed E-state index contributed by atoms with van der Waals surface area (Å²) < 4.78 is 1.94. The highest BCUT2D eigenvalue weighted by Gasteiger charge is 2.17. The van der Waals surface area contributed by atoms with Crippen LogP contribution in [0.2, 0.25) is 5.02 Å². The van der Waals surface area contributed by atoms with Crippen molar-refractivity contribution in [1.29, 1.82) is 0 Å². The molecule has 0 aliphatic heterocycles. The average Bonchev–Trinajstić information content (AvgIpc) is 2.94. The van der Waals surface area contributed by atoms with Gasteiger partial charge in [0.15, 0.2) is 11.6 Å². The molecule has 0 radical (unpaired) electrons. The van der Waals surface area contributed by atoms with E-state index in [4.69, 9.17) is 23.2 Å². The maximum absolute atomic E-state index is 6.43. The molecular formula is C16H13Cl2N3. The molecule has 0 spiro atoms. The first-order valence-corrected chi connectivity index (χ1v) is 7.45. The van der Waals surface area contributed by atoms with Crippen LogP contribution in [0.1, 0.15) is 11.4 Å². The van der Waals surface area contributed by atoms with E-state index in [1.165, 1.54) is 0 Å². The van der Waals surface area contributed by atoms with Gasteiger partial charge in [0, 0.05) is 11.3 Å². The minimum absolute atomic E-state index is 0.283. The van der Waals surface area contributed by atoms with E-state index in [1.807, 2.05) is 60.0 Å². The number of benzene rings is 2. The van der Waals surface area contributed by atoms with Crippen LogP contribution >= 0.6 is 23.2 Å². The standard InChI is InChI=1S/C16H13Cl2N3/c1-11-6-5-9-13(15(11)18)16-20-19-14(10-17)21(16)12-7-3-2-4-8-12/h2-9H,10H2,1H3. The summed E-state index contributed by atoms with van der Waals surface area (Å²) >= 11 is 12.4. The lowest BCUT2D eigenvalue weighted by Gasteiger charge is -2.11. The summed E-state index contributed by atoms with van der Waals surface area (Å²) in [5.41, 5.74) is 2.82. The number of hydrogen-bond donors (Lipinski definition) is 0. The molecule has 5 heteroatoms. The molecule has 1 aromatic heterocycles. The molecule has 2 aromatic carbocycles. The molecule has 3 nitrogen and oxygen atoms in total. The molecular weight excluding hydrogens is 305 g/mol. The Bertz CT molecular complexity index is 766. The molecule has 0 amide bonds. The number of halogens is 2. The molecule has 106 valence electrons. The SMILES string of the molecule is Cc1cccc(-c2nnc(CCl)n2-c2ccccc2)c1Cl. The fourth-order valence-electron chi connectivity index (χ4n) is 2.25. The van der Waals surface area contributed by atoms with Gasteiger partial charge in [-0.3, -0.25) is 4.57 Å². The Kier molecular flexibility index (Phi) is 3.95. The summed E-state index contributed by atoms with van der Waals surface area (Å²) in [7, 11) is 0. The first-order valence-electron chi connectivity index (χ1n) is 6.53. The molecule has 0 unspecified atom stereocenters. The second-order valence-electron chi connectivity index (χ2n) is 4.68. The Morgan fingerprint density at radius 3 is 2.48 bits per heavy atom. The highest BCUT2D eigenvalue weighted by Crippen LogP contribution is 2.31. The number of alkyl halides is 1. The van der Waals surface area contributed by atoms with Crippen molar-refractivity contribution in [3.8, 4) is 17.1 Å². The third-order valence-corrected chi connectivity index (χ3v) is 4.04. The molecule has 0 saturated carbocycles. The largest absolute Gasteiger partial charge is 0.278 e. The van der Waals surface area contributed by atoms with Gasteiger partial charge in [-0.2, -0.15) is 0 Å². The zero-order valence-corrected chi connectivity index (χ0v) is 12.9. The van der Waals surface area contributed by atoms with Crippen molar-refractivity contribution in [2.75, 3.05) is 0 Å². The minimum atomic E-state index is 0.283. The van der Waals surface area contributed by atoms with Crippen LogP contribution in [-0.2, 0) is 5.88 Å². The summed E-state index contributed by atoms with van der Waals surface area (Å²) in [6.07, 6.45) is 0. The number of para-hydroxylation sites is 1. The number of aryl methyl sites for hydroxylation is 1. The molecule has 0 aliphatic rings. The molecule has 0 atom stereocenters. The Labute approximate surface area is 133 Å². The van der Waals surface area contributed by atoms with Gasteiger partial charge in [-0.1, -0.05) is 41.9 Å². The lowest BCUT2D eigenvalue weighted by atomic mass is 10.1. The Hall–Kier alpha value is -1.84. The van der Waals surface area contributed by atoms with Crippen LogP contribution in [0.15, 0.2) is 48.5 Å². The van der Waals surface area contributed by atoms with Crippen molar-refractivity contribution in [2.24, 2.45) is 0 Å². The fourth-order valence-corrected chi connectivity index (χ4v) is 2.63. The van der Waals surface area contributed by atoms with Gasteiger partial charge in [0.05, 0.1) is 10.9 Å². The van der Waals surface area contributed by atoms with Gasteiger partial charge in [-0.25, -0.2) is 0 Å². The highest BCUT2D eigenvalue weighted by atomic mass is 35.5. The van der Waals surface area contributed by atoms with Crippen molar-refractivity contribution in [3.05, 3.63) is 64.9 Å². The minimum Gasteiger partial charge on any atom is -0.278 e. The third-order valence-electron chi connectivity index (χ3n) is 3.30. The fraction of sp³-hybridized carbons (Fsp3) is 0.125. The van der Waals surface area contributed by atoms with Gasteiger partial charge >= 0.3 is 0 Å². The lowest BCUT2D eigenvalue weighted by molar-refractivity contribution is 0.953. The average molecular weight is 318 g/mol. The summed E-state index contributed by atoms with van der Waals surface area (Å²) in [4.78, 5) is 0. The zero-order valence-electron chi connectivity index (χ0n) is 11.4. The van der Waals surface area contributed by atoms with E-state index in [2.05, 4.69) is 10.2 Å². The van der Waals surface area contributed by atoms with Crippen LogP contribution in [0.25, 0.3) is 17.1 Å². The summed E-state index contributed by atoms with van der Waals surface area (Å²) in [6.45, 7) is 1.97. The quantitative estimate of drug-likeness (QED) is 0.659. The summed E-state index contributed by atoms with van der Waals surface area (Å²) in [6, 6.07) is 15.8. The molecule has 0 aliphatic carbocycles. The van der Waals surface area contributed by atoms with Crippen molar-refractivity contribution in [3.63, 3.8) is 0 Å². The predicted octanol–water partition coefficient (Wildman–Crippen LogP) is 4.63. The maximum atomic E-state index is 6.43. The zero-order chi connectivity index (χ0) is 14.8. The van der Waals surface area contributed by atoms with Crippen molar-refractivity contribution < 1.29 is 0 Å². The molecule has 0 bridgehead atoms. The van der Waals surface area contributed by atoms with Crippen molar-refractivity contribution >= 4 is 23.2 Å². The van der Waals surface area contributed by atoms with E-state index in [0.29, 0.717) is 16.7 Å². The Morgan fingerprint density at radius 1 is 1.00 bits per heavy atom. The summed E-state index contributed by atoms with van der Waals surface area (Å²) in [5, 5.41) is 9.14. The van der Waals surface area contributed by atoms with E-state index in [1.54, 1.807) is 0 Å². The van der Waals surface area contributed by atoms with Crippen LogP contribution in [0, 0.1) is 6.92 Å². The molecule has 0 N–H and O–H groups in total. The topological polar surface area (TPSA) is 30.7 Å². The van der Waals surface area contributed by atoms with Gasteiger partial charge < -0.3 is 0 Å². The first-order chi connectivity index (χ1) is 10.2. The Morgan fingerprint density at radius 2 is 1.76 bits per heavy atom. The normalized spacial score (nSPS) is 10.8. The second-order valence-corrected chi connectivity index (χ2v) is 5.33. The van der Waals surface area contributed by atoms with Gasteiger partial charge in [0.1, 0.15) is 0 Å². The number of nitrogens with zero attached hydrogens (tertiary/aromatic N) is 3. The molecule has 0 fully saturated rings. The molecule has 21 heavy (non-hydrogen) atoms. The van der Waals surface area contributed by atoms with E-state index in [9.17, 15) is 0 Å². The molecule has 3 aromatic rings. The van der Waals surface area contributed by atoms with Crippen molar-refractivity contribution in [1.82, 2.24) is 14.8 Å². The van der Waals surface area contributed by atoms with Gasteiger partial charge in [0.25, 0.3) is 0 Å². The number of aromatic nitrogens is 3. The summed E-state index contributed by atoms with van der Waals surface area (Å²) in [5.74, 6) is 1.67. The smallest absolute Gasteiger partial charge is 0.170 e. The number of hydrogen-bond acceptors (Lipinski definition) is 2. The maximum Gasteiger partial charge on any atom is 0.170 e. The highest BCUT2D eigenvalue weighted by molar-refractivity contribution is 6.34. The van der Waals surface area contributed by atoms with Crippen molar-refractivity contribution in [2.45, 2.75) is 12.8 Å². The van der Waals surface area contributed by atoms with Crippen LogP contribution in [-0.4, -0.2) is 14.8 Å². The van der Waals surface area contributed by atoms with Crippen LogP contribution in [0.3, 0.4) is 0 Å². The lowest BCUT2D eigenvalue weighted by Crippen LogP contribution is -2.02. The van der Waals surface area contributed by atoms with Gasteiger partial charge in [-0.15, -0.1) is 21.8 Å². The second kappa shape index (κ2) is 5.88. The van der Waals surface area contributed by atoms with Gasteiger partial charge in [-0.05, 0) is 30.7 Å². The van der Waals surface area contributed by atoms with Crippen LogP contribution in [0.5, 0.6) is 0 Å². The third kappa shape index (κ3) is 2.55.